The number of benzene rings is 2. The summed E-state index contributed by atoms with van der Waals surface area (Å²) in [5, 5.41) is 9.28. The maximum absolute atomic E-state index is 14.5. The summed E-state index contributed by atoms with van der Waals surface area (Å²) in [5.41, 5.74) is 2.45. The third-order valence-corrected chi connectivity index (χ3v) is 11.3. The van der Waals surface area contributed by atoms with Gasteiger partial charge in [-0.05, 0) is 93.4 Å². The Morgan fingerprint density at radius 1 is 0.940 bits per heavy atom. The van der Waals surface area contributed by atoms with Gasteiger partial charge < -0.3 is 5.11 Å². The van der Waals surface area contributed by atoms with Crippen molar-refractivity contribution in [2.75, 3.05) is 53.4 Å². The number of aromatic nitrogens is 3. The van der Waals surface area contributed by atoms with Gasteiger partial charge in [0.1, 0.15) is 5.82 Å². The zero-order chi connectivity index (χ0) is 35.0. The minimum Gasteiger partial charge on any atom is -0.395 e. The molecule has 0 spiro atoms. The number of β-amino-alcohol motifs (C(OH)–C–C–N with tert-alkyl or cyclic N) is 1. The highest BCUT2D eigenvalue weighted by atomic mass is 19.1. The van der Waals surface area contributed by atoms with Crippen LogP contribution in [0, 0.1) is 11.7 Å². The van der Waals surface area contributed by atoms with E-state index in [1.807, 2.05) is 43.3 Å². The smallest absolute Gasteiger partial charge is 0.337 e. The van der Waals surface area contributed by atoms with E-state index in [0.717, 1.165) is 82.3 Å². The summed E-state index contributed by atoms with van der Waals surface area (Å²) >= 11 is 0. The van der Waals surface area contributed by atoms with Crippen LogP contribution in [0.25, 0.3) is 27.8 Å². The maximum Gasteiger partial charge on any atom is 0.337 e. The number of hydrogen-bond acceptors (Lipinski definition) is 8. The molecule has 2 aromatic carbocycles. The van der Waals surface area contributed by atoms with E-state index in [1.165, 1.54) is 20.8 Å². The van der Waals surface area contributed by atoms with Crippen LogP contribution in [-0.2, 0) is 11.3 Å². The van der Waals surface area contributed by atoms with Crippen molar-refractivity contribution in [2.24, 2.45) is 5.92 Å². The number of rotatable bonds is 11. The third kappa shape index (κ3) is 6.84. The molecular weight excluding hydrogens is 635 g/mol. The van der Waals surface area contributed by atoms with Gasteiger partial charge in [-0.2, -0.15) is 0 Å². The van der Waals surface area contributed by atoms with Crippen LogP contribution in [0.4, 0.5) is 4.39 Å². The molecule has 4 aromatic rings. The standard InChI is InChI=1S/C39H47FN6O4/c1-42(2)39(14-15-39)35(48)22-27-8-12-32(13-9-27)46-37(49)34-24-31(40)25-41-36(34)45(38(46)50)33-5-3-4-30(23-33)29-10-6-28(7-11-29)26-44-18-16-43(17-19-44)20-21-47/h3-7,10-11,23-25,27,32,47H,8-9,12-22,26H2,1-2H3. The Morgan fingerprint density at radius 2 is 1.64 bits per heavy atom. The molecule has 0 atom stereocenters. The first-order valence-electron chi connectivity index (χ1n) is 18.0. The van der Waals surface area contributed by atoms with E-state index >= 15 is 0 Å². The quantitative estimate of drug-likeness (QED) is 0.251. The van der Waals surface area contributed by atoms with Crippen LogP contribution in [0.5, 0.6) is 0 Å². The number of piperazine rings is 1. The van der Waals surface area contributed by atoms with Gasteiger partial charge in [0.15, 0.2) is 11.4 Å². The van der Waals surface area contributed by atoms with Gasteiger partial charge in [0, 0.05) is 51.7 Å². The Labute approximate surface area is 291 Å². The number of ketones is 1. The predicted octanol–water partition coefficient (Wildman–Crippen LogP) is 4.25. The Hall–Kier alpha value is -4.03. The van der Waals surface area contributed by atoms with Gasteiger partial charge >= 0.3 is 5.69 Å². The molecule has 2 aromatic heterocycles. The average molecular weight is 683 g/mol. The zero-order valence-electron chi connectivity index (χ0n) is 29.1. The van der Waals surface area contributed by atoms with Crippen molar-refractivity contribution in [1.29, 1.82) is 0 Å². The second-order valence-electron chi connectivity index (χ2n) is 14.6. The molecule has 2 saturated carbocycles. The number of carbonyl (C=O) groups is 1. The normalized spacial score (nSPS) is 21.1. The Kier molecular flexibility index (Phi) is 9.85. The molecule has 7 rings (SSSR count). The summed E-state index contributed by atoms with van der Waals surface area (Å²) in [6.45, 7) is 5.60. The van der Waals surface area contributed by atoms with Gasteiger partial charge in [0.25, 0.3) is 5.56 Å². The molecule has 3 heterocycles. The maximum atomic E-state index is 14.5. The van der Waals surface area contributed by atoms with Gasteiger partial charge in [-0.25, -0.2) is 18.7 Å². The van der Waals surface area contributed by atoms with Gasteiger partial charge in [-0.1, -0.05) is 36.4 Å². The minimum atomic E-state index is -0.635. The molecular formula is C39H47FN6O4. The highest BCUT2D eigenvalue weighted by Crippen LogP contribution is 2.44. The largest absolute Gasteiger partial charge is 0.395 e. The summed E-state index contributed by atoms with van der Waals surface area (Å²) in [6.07, 6.45) is 6.06. The molecule has 264 valence electrons. The van der Waals surface area contributed by atoms with Crippen molar-refractivity contribution >= 4 is 16.8 Å². The number of likely N-dealkylation sites (N-methyl/N-ethyl adjacent to an activating group) is 1. The lowest BCUT2D eigenvalue weighted by molar-refractivity contribution is -0.126. The van der Waals surface area contributed by atoms with Gasteiger partial charge in [-0.3, -0.25) is 28.9 Å². The van der Waals surface area contributed by atoms with E-state index in [9.17, 15) is 23.9 Å². The number of aliphatic hydroxyl groups is 1. The molecule has 3 fully saturated rings. The van der Waals surface area contributed by atoms with Crippen LogP contribution < -0.4 is 11.2 Å². The highest BCUT2D eigenvalue weighted by molar-refractivity contribution is 5.91. The minimum absolute atomic E-state index is 0.0653. The lowest BCUT2D eigenvalue weighted by Gasteiger charge is -2.34. The number of halogens is 1. The molecule has 50 heavy (non-hydrogen) atoms. The van der Waals surface area contributed by atoms with E-state index in [0.29, 0.717) is 30.7 Å². The van der Waals surface area contributed by atoms with E-state index in [-0.39, 0.29) is 35.1 Å². The molecule has 0 amide bonds. The first-order valence-corrected chi connectivity index (χ1v) is 18.0. The van der Waals surface area contributed by atoms with E-state index in [4.69, 9.17) is 0 Å². The van der Waals surface area contributed by atoms with Crippen LogP contribution in [-0.4, -0.2) is 98.7 Å². The van der Waals surface area contributed by atoms with Crippen LogP contribution in [0.1, 0.15) is 56.6 Å². The predicted molar refractivity (Wildman–Crippen MR) is 192 cm³/mol. The molecule has 0 unspecified atom stereocenters. The van der Waals surface area contributed by atoms with Crippen molar-refractivity contribution < 1.29 is 14.3 Å². The fourth-order valence-electron chi connectivity index (χ4n) is 8.09. The topological polar surface area (TPSA) is 104 Å². The van der Waals surface area contributed by atoms with E-state index < -0.39 is 17.1 Å². The summed E-state index contributed by atoms with van der Waals surface area (Å²) in [6, 6.07) is 16.8. The molecule has 2 aliphatic carbocycles. The number of pyridine rings is 1. The van der Waals surface area contributed by atoms with Crippen molar-refractivity contribution in [3.05, 3.63) is 93.0 Å². The van der Waals surface area contributed by atoms with Crippen molar-refractivity contribution in [3.63, 3.8) is 0 Å². The van der Waals surface area contributed by atoms with Crippen LogP contribution in [0.3, 0.4) is 0 Å². The van der Waals surface area contributed by atoms with Gasteiger partial charge in [-0.15, -0.1) is 0 Å². The Balaban J connectivity index is 1.13. The lowest BCUT2D eigenvalue weighted by Crippen LogP contribution is -2.46. The SMILES string of the molecule is CN(C)C1(C(=O)CC2CCC(n3c(=O)c4cc(F)cnc4n(-c4cccc(-c5ccc(CN6CCN(CCO)CC6)cc5)c4)c3=O)CC2)CC1. The Morgan fingerprint density at radius 3 is 2.30 bits per heavy atom. The molecule has 1 N–H and O–H groups in total. The first kappa shape index (κ1) is 34.4. The van der Waals surface area contributed by atoms with Crippen molar-refractivity contribution in [3.8, 4) is 16.8 Å². The summed E-state index contributed by atoms with van der Waals surface area (Å²) in [7, 11) is 3.93. The number of carbonyl (C=O) groups excluding carboxylic acids is 1. The fraction of sp³-hybridized carbons (Fsp3) is 0.487. The van der Waals surface area contributed by atoms with E-state index in [1.54, 1.807) is 0 Å². The summed E-state index contributed by atoms with van der Waals surface area (Å²) in [5.74, 6) is -0.121. The number of hydrogen-bond donors (Lipinski definition) is 1. The third-order valence-electron chi connectivity index (χ3n) is 11.3. The molecule has 1 aliphatic heterocycles. The molecule has 1 saturated heterocycles. The monoisotopic (exact) mass is 682 g/mol. The fourth-order valence-corrected chi connectivity index (χ4v) is 8.09. The van der Waals surface area contributed by atoms with Crippen LogP contribution in [0.15, 0.2) is 70.4 Å². The number of Topliss-reactive ketones (excluding diaryl/α,β-unsaturated/α-hetero) is 1. The molecule has 10 nitrogen and oxygen atoms in total. The van der Waals surface area contributed by atoms with E-state index in [2.05, 4.69) is 39.0 Å². The average Bonchev–Trinajstić information content (AvgIpc) is 3.94. The second kappa shape index (κ2) is 14.3. The van der Waals surface area contributed by atoms with Crippen LogP contribution >= 0.6 is 0 Å². The molecule has 0 bridgehead atoms. The highest BCUT2D eigenvalue weighted by Gasteiger charge is 2.51. The number of fused-ring (bicyclic) bond motifs is 1. The number of nitrogens with zero attached hydrogens (tertiary/aromatic N) is 6. The number of aliphatic hydroxyl groups excluding tert-OH is 1. The van der Waals surface area contributed by atoms with Gasteiger partial charge in [0.2, 0.25) is 0 Å². The second-order valence-corrected chi connectivity index (χ2v) is 14.6. The van der Waals surface area contributed by atoms with Crippen molar-refractivity contribution in [1.82, 2.24) is 28.8 Å². The van der Waals surface area contributed by atoms with Crippen LogP contribution in [0.2, 0.25) is 0 Å². The lowest BCUT2D eigenvalue weighted by atomic mass is 9.81. The molecule has 3 aliphatic rings. The molecule has 0 radical (unpaired) electrons. The molecule has 11 heteroatoms. The first-order chi connectivity index (χ1) is 24.2. The van der Waals surface area contributed by atoms with Gasteiger partial charge in [0.05, 0.1) is 29.4 Å². The van der Waals surface area contributed by atoms with Crippen molar-refractivity contribution in [2.45, 2.75) is 63.1 Å². The summed E-state index contributed by atoms with van der Waals surface area (Å²) in [4.78, 5) is 52.3. The zero-order valence-corrected chi connectivity index (χ0v) is 29.1. The summed E-state index contributed by atoms with van der Waals surface area (Å²) < 4.78 is 17.3. The Bertz CT molecular complexity index is 1970.